The molecule has 3 heteroatoms. The molecule has 1 saturated heterocycles. The molecule has 1 heterocycles. The molecule has 0 saturated carbocycles. The fourth-order valence-corrected chi connectivity index (χ4v) is 2.42. The third-order valence-corrected chi connectivity index (χ3v) is 3.55. The highest BCUT2D eigenvalue weighted by atomic mass is 16.4. The standard InChI is InChI=1S/C12H23NO2/c1-3-11-5-4-7-13(8-6-11)10(2)9-12(14)15/h10-11H,3-9H2,1-2H3,(H,14,15). The SMILES string of the molecule is CCC1CCCN(C(C)CC(=O)O)CC1. The van der Waals surface area contributed by atoms with Gasteiger partial charge in [0.25, 0.3) is 0 Å². The van der Waals surface area contributed by atoms with Crippen LogP contribution in [0.5, 0.6) is 0 Å². The average molecular weight is 213 g/mol. The lowest BCUT2D eigenvalue weighted by Crippen LogP contribution is -2.35. The van der Waals surface area contributed by atoms with Crippen LogP contribution in [-0.2, 0) is 4.79 Å². The molecule has 88 valence electrons. The van der Waals surface area contributed by atoms with Crippen molar-refractivity contribution >= 4 is 5.97 Å². The van der Waals surface area contributed by atoms with Crippen molar-refractivity contribution in [1.82, 2.24) is 4.90 Å². The van der Waals surface area contributed by atoms with Crippen molar-refractivity contribution in [2.75, 3.05) is 13.1 Å². The highest BCUT2D eigenvalue weighted by Gasteiger charge is 2.20. The summed E-state index contributed by atoms with van der Waals surface area (Å²) in [6.07, 6.45) is 5.31. The molecule has 2 atom stereocenters. The molecule has 0 aromatic carbocycles. The molecule has 0 radical (unpaired) electrons. The van der Waals surface area contributed by atoms with Crippen molar-refractivity contribution in [1.29, 1.82) is 0 Å². The van der Waals surface area contributed by atoms with Crippen LogP contribution in [0.3, 0.4) is 0 Å². The molecule has 0 bridgehead atoms. The largest absolute Gasteiger partial charge is 0.481 e. The monoisotopic (exact) mass is 213 g/mol. The molecule has 15 heavy (non-hydrogen) atoms. The van der Waals surface area contributed by atoms with Crippen molar-refractivity contribution in [3.63, 3.8) is 0 Å². The van der Waals surface area contributed by atoms with Gasteiger partial charge in [-0.05, 0) is 45.2 Å². The van der Waals surface area contributed by atoms with Gasteiger partial charge in [-0.25, -0.2) is 0 Å². The van der Waals surface area contributed by atoms with E-state index in [-0.39, 0.29) is 12.5 Å². The molecule has 1 fully saturated rings. The Balaban J connectivity index is 2.39. The first-order chi connectivity index (χ1) is 7.13. The van der Waals surface area contributed by atoms with Gasteiger partial charge in [-0.3, -0.25) is 4.79 Å². The molecule has 1 N–H and O–H groups in total. The van der Waals surface area contributed by atoms with E-state index in [0.29, 0.717) is 0 Å². The van der Waals surface area contributed by atoms with Gasteiger partial charge < -0.3 is 10.0 Å². The third-order valence-electron chi connectivity index (χ3n) is 3.55. The minimum absolute atomic E-state index is 0.193. The highest BCUT2D eigenvalue weighted by Crippen LogP contribution is 2.21. The van der Waals surface area contributed by atoms with E-state index in [1.165, 1.54) is 25.7 Å². The number of nitrogens with zero attached hydrogens (tertiary/aromatic N) is 1. The van der Waals surface area contributed by atoms with Gasteiger partial charge in [0.2, 0.25) is 0 Å². The van der Waals surface area contributed by atoms with Crippen LogP contribution in [0.25, 0.3) is 0 Å². The molecule has 0 spiro atoms. The molecule has 0 amide bonds. The normalized spacial score (nSPS) is 25.9. The number of carboxylic acid groups (broad SMARTS) is 1. The van der Waals surface area contributed by atoms with Gasteiger partial charge in [-0.1, -0.05) is 13.3 Å². The summed E-state index contributed by atoms with van der Waals surface area (Å²) < 4.78 is 0. The van der Waals surface area contributed by atoms with Crippen molar-refractivity contribution in [2.45, 2.75) is 52.0 Å². The minimum Gasteiger partial charge on any atom is -0.481 e. The Morgan fingerprint density at radius 1 is 1.47 bits per heavy atom. The van der Waals surface area contributed by atoms with Crippen LogP contribution in [-0.4, -0.2) is 35.1 Å². The van der Waals surface area contributed by atoms with E-state index >= 15 is 0 Å². The number of hydrogen-bond acceptors (Lipinski definition) is 2. The summed E-state index contributed by atoms with van der Waals surface area (Å²) in [5, 5.41) is 8.76. The van der Waals surface area contributed by atoms with Crippen LogP contribution in [0.4, 0.5) is 0 Å². The second-order valence-corrected chi connectivity index (χ2v) is 4.69. The lowest BCUT2D eigenvalue weighted by Gasteiger charge is -2.26. The Morgan fingerprint density at radius 2 is 2.20 bits per heavy atom. The Bertz CT molecular complexity index is 206. The van der Waals surface area contributed by atoms with E-state index in [2.05, 4.69) is 11.8 Å². The van der Waals surface area contributed by atoms with Crippen LogP contribution in [0, 0.1) is 5.92 Å². The van der Waals surface area contributed by atoms with Crippen LogP contribution in [0.1, 0.15) is 46.0 Å². The second kappa shape index (κ2) is 6.11. The number of hydrogen-bond donors (Lipinski definition) is 1. The third kappa shape index (κ3) is 4.20. The van der Waals surface area contributed by atoms with Gasteiger partial charge in [0.05, 0.1) is 6.42 Å². The molecule has 1 aliphatic heterocycles. The molecular weight excluding hydrogens is 190 g/mol. The summed E-state index contributed by atoms with van der Waals surface area (Å²) >= 11 is 0. The Hall–Kier alpha value is -0.570. The fourth-order valence-electron chi connectivity index (χ4n) is 2.42. The molecule has 1 rings (SSSR count). The van der Waals surface area contributed by atoms with E-state index in [1.54, 1.807) is 0 Å². The zero-order valence-corrected chi connectivity index (χ0v) is 9.91. The number of rotatable bonds is 4. The van der Waals surface area contributed by atoms with E-state index < -0.39 is 5.97 Å². The van der Waals surface area contributed by atoms with E-state index in [1.807, 2.05) is 6.92 Å². The first kappa shape index (κ1) is 12.5. The van der Waals surface area contributed by atoms with Crippen LogP contribution < -0.4 is 0 Å². The van der Waals surface area contributed by atoms with Gasteiger partial charge in [0.15, 0.2) is 0 Å². The highest BCUT2D eigenvalue weighted by molar-refractivity contribution is 5.67. The predicted octanol–water partition coefficient (Wildman–Crippen LogP) is 2.36. The lowest BCUT2D eigenvalue weighted by molar-refractivity contribution is -0.138. The molecule has 0 aliphatic carbocycles. The lowest BCUT2D eigenvalue weighted by atomic mass is 9.98. The Labute approximate surface area is 92.5 Å². The van der Waals surface area contributed by atoms with Gasteiger partial charge in [0, 0.05) is 6.04 Å². The Morgan fingerprint density at radius 3 is 2.80 bits per heavy atom. The van der Waals surface area contributed by atoms with Crippen molar-refractivity contribution in [2.24, 2.45) is 5.92 Å². The Kier molecular flexibility index (Phi) is 5.09. The van der Waals surface area contributed by atoms with Crippen molar-refractivity contribution in [3.8, 4) is 0 Å². The minimum atomic E-state index is -0.682. The van der Waals surface area contributed by atoms with Gasteiger partial charge in [0.1, 0.15) is 0 Å². The first-order valence-electron chi connectivity index (χ1n) is 6.09. The van der Waals surface area contributed by atoms with Gasteiger partial charge in [-0.15, -0.1) is 0 Å². The number of likely N-dealkylation sites (tertiary alicyclic amines) is 1. The maximum Gasteiger partial charge on any atom is 0.304 e. The summed E-state index contributed by atoms with van der Waals surface area (Å²) in [6, 6.07) is 0.193. The molecular formula is C12H23NO2. The maximum absolute atomic E-state index is 10.6. The van der Waals surface area contributed by atoms with Crippen molar-refractivity contribution < 1.29 is 9.90 Å². The van der Waals surface area contributed by atoms with E-state index in [9.17, 15) is 4.79 Å². The fraction of sp³-hybridized carbons (Fsp3) is 0.917. The summed E-state index contributed by atoms with van der Waals surface area (Å²) in [4.78, 5) is 13.0. The molecule has 3 nitrogen and oxygen atoms in total. The topological polar surface area (TPSA) is 40.5 Å². The molecule has 2 unspecified atom stereocenters. The number of aliphatic carboxylic acids is 1. The quantitative estimate of drug-likeness (QED) is 0.779. The number of carboxylic acids is 1. The van der Waals surface area contributed by atoms with Crippen LogP contribution >= 0.6 is 0 Å². The predicted molar refractivity (Wildman–Crippen MR) is 60.9 cm³/mol. The maximum atomic E-state index is 10.6. The second-order valence-electron chi connectivity index (χ2n) is 4.69. The van der Waals surface area contributed by atoms with E-state index in [4.69, 9.17) is 5.11 Å². The molecule has 0 aromatic rings. The van der Waals surface area contributed by atoms with Crippen LogP contribution in [0.15, 0.2) is 0 Å². The number of carbonyl (C=O) groups is 1. The summed E-state index contributed by atoms with van der Waals surface area (Å²) in [5.41, 5.74) is 0. The summed E-state index contributed by atoms with van der Waals surface area (Å²) in [7, 11) is 0. The summed E-state index contributed by atoms with van der Waals surface area (Å²) in [5.74, 6) is 0.172. The first-order valence-corrected chi connectivity index (χ1v) is 6.09. The van der Waals surface area contributed by atoms with E-state index in [0.717, 1.165) is 19.0 Å². The van der Waals surface area contributed by atoms with Crippen molar-refractivity contribution in [3.05, 3.63) is 0 Å². The zero-order chi connectivity index (χ0) is 11.3. The van der Waals surface area contributed by atoms with Gasteiger partial charge in [-0.2, -0.15) is 0 Å². The smallest absolute Gasteiger partial charge is 0.304 e. The molecule has 1 aliphatic rings. The van der Waals surface area contributed by atoms with Crippen LogP contribution in [0.2, 0.25) is 0 Å². The molecule has 0 aromatic heterocycles. The zero-order valence-electron chi connectivity index (χ0n) is 9.91. The average Bonchev–Trinajstić information content (AvgIpc) is 2.41. The van der Waals surface area contributed by atoms with Gasteiger partial charge >= 0.3 is 5.97 Å². The summed E-state index contributed by atoms with van der Waals surface area (Å²) in [6.45, 7) is 6.43.